The first-order valence-electron chi connectivity index (χ1n) is 8.02. The molecular formula is C17H22N6O. The minimum absolute atomic E-state index is 0.0194. The summed E-state index contributed by atoms with van der Waals surface area (Å²) in [5.74, 6) is 1.16. The highest BCUT2D eigenvalue weighted by atomic mass is 16.3. The highest BCUT2D eigenvalue weighted by Gasteiger charge is 2.14. The minimum Gasteiger partial charge on any atom is -0.395 e. The van der Waals surface area contributed by atoms with Crippen LogP contribution in [0.3, 0.4) is 0 Å². The van der Waals surface area contributed by atoms with Gasteiger partial charge in [-0.05, 0) is 32.9 Å². The predicted molar refractivity (Wildman–Crippen MR) is 95.7 cm³/mol. The SMILES string of the molecule is Cc1ccc(Nc2nc(NCCO)nc3c2cnn3C(C)C)cc1. The molecule has 2 aromatic heterocycles. The van der Waals surface area contributed by atoms with Gasteiger partial charge in [-0.25, -0.2) is 4.68 Å². The van der Waals surface area contributed by atoms with Gasteiger partial charge in [0.2, 0.25) is 5.95 Å². The molecule has 2 heterocycles. The monoisotopic (exact) mass is 326 g/mol. The van der Waals surface area contributed by atoms with Crippen molar-refractivity contribution in [3.05, 3.63) is 36.0 Å². The van der Waals surface area contributed by atoms with E-state index in [2.05, 4.69) is 46.5 Å². The molecule has 1 aromatic carbocycles. The van der Waals surface area contributed by atoms with Crippen LogP contribution >= 0.6 is 0 Å². The molecule has 0 fully saturated rings. The van der Waals surface area contributed by atoms with Crippen LogP contribution in [0.2, 0.25) is 0 Å². The summed E-state index contributed by atoms with van der Waals surface area (Å²) in [5.41, 5.74) is 2.91. The normalized spacial score (nSPS) is 11.2. The lowest BCUT2D eigenvalue weighted by atomic mass is 10.2. The maximum Gasteiger partial charge on any atom is 0.226 e. The van der Waals surface area contributed by atoms with E-state index >= 15 is 0 Å². The molecule has 0 aliphatic carbocycles. The lowest BCUT2D eigenvalue weighted by molar-refractivity contribution is 0.311. The molecule has 0 unspecified atom stereocenters. The van der Waals surface area contributed by atoms with E-state index < -0.39 is 0 Å². The van der Waals surface area contributed by atoms with Crippen LogP contribution in [0, 0.1) is 6.92 Å². The van der Waals surface area contributed by atoms with E-state index in [4.69, 9.17) is 5.11 Å². The minimum atomic E-state index is 0.0194. The third-order valence-corrected chi connectivity index (χ3v) is 3.65. The number of aromatic nitrogens is 4. The average molecular weight is 326 g/mol. The van der Waals surface area contributed by atoms with Crippen molar-refractivity contribution in [2.75, 3.05) is 23.8 Å². The summed E-state index contributed by atoms with van der Waals surface area (Å²) in [4.78, 5) is 9.07. The van der Waals surface area contributed by atoms with Crippen LogP contribution in [0.15, 0.2) is 30.5 Å². The van der Waals surface area contributed by atoms with Crippen LogP contribution < -0.4 is 10.6 Å². The van der Waals surface area contributed by atoms with E-state index in [0.717, 1.165) is 16.7 Å². The van der Waals surface area contributed by atoms with Gasteiger partial charge in [-0.3, -0.25) is 0 Å². The Labute approximate surface area is 140 Å². The molecule has 0 saturated carbocycles. The van der Waals surface area contributed by atoms with Gasteiger partial charge in [0.05, 0.1) is 18.2 Å². The van der Waals surface area contributed by atoms with Crippen LogP contribution in [-0.2, 0) is 0 Å². The molecule has 3 rings (SSSR count). The van der Waals surface area contributed by atoms with Gasteiger partial charge in [0, 0.05) is 18.3 Å². The second kappa shape index (κ2) is 6.84. The Kier molecular flexibility index (Phi) is 4.61. The Hall–Kier alpha value is -2.67. The van der Waals surface area contributed by atoms with E-state index in [1.807, 2.05) is 28.9 Å². The Balaban J connectivity index is 2.05. The van der Waals surface area contributed by atoms with Gasteiger partial charge in [0.1, 0.15) is 5.82 Å². The van der Waals surface area contributed by atoms with Crippen molar-refractivity contribution in [2.24, 2.45) is 0 Å². The number of rotatable bonds is 6. The molecule has 3 aromatic rings. The van der Waals surface area contributed by atoms with Crippen molar-refractivity contribution >= 4 is 28.5 Å². The summed E-state index contributed by atoms with van der Waals surface area (Å²) < 4.78 is 1.86. The van der Waals surface area contributed by atoms with Gasteiger partial charge in [-0.15, -0.1) is 0 Å². The van der Waals surface area contributed by atoms with E-state index in [1.165, 1.54) is 5.56 Å². The van der Waals surface area contributed by atoms with E-state index in [1.54, 1.807) is 6.20 Å². The molecular weight excluding hydrogens is 304 g/mol. The maximum absolute atomic E-state index is 9.02. The zero-order chi connectivity index (χ0) is 17.1. The fraction of sp³-hybridized carbons (Fsp3) is 0.353. The van der Waals surface area contributed by atoms with Crippen molar-refractivity contribution in [1.29, 1.82) is 0 Å². The van der Waals surface area contributed by atoms with Crippen molar-refractivity contribution in [3.63, 3.8) is 0 Å². The second-order valence-corrected chi connectivity index (χ2v) is 5.96. The molecule has 24 heavy (non-hydrogen) atoms. The predicted octanol–water partition coefficient (Wildman–Crippen LogP) is 2.86. The first-order chi connectivity index (χ1) is 11.6. The number of nitrogens with one attached hydrogen (secondary N) is 2. The molecule has 0 saturated heterocycles. The molecule has 7 nitrogen and oxygen atoms in total. The fourth-order valence-corrected chi connectivity index (χ4v) is 2.42. The van der Waals surface area contributed by atoms with Crippen LogP contribution in [0.4, 0.5) is 17.5 Å². The maximum atomic E-state index is 9.02. The van der Waals surface area contributed by atoms with Crippen LogP contribution in [0.25, 0.3) is 11.0 Å². The number of benzene rings is 1. The summed E-state index contributed by atoms with van der Waals surface area (Å²) in [5, 5.41) is 20.7. The zero-order valence-electron chi connectivity index (χ0n) is 14.1. The third kappa shape index (κ3) is 3.30. The smallest absolute Gasteiger partial charge is 0.226 e. The van der Waals surface area contributed by atoms with Gasteiger partial charge in [0.15, 0.2) is 5.65 Å². The Morgan fingerprint density at radius 1 is 1.17 bits per heavy atom. The zero-order valence-corrected chi connectivity index (χ0v) is 14.1. The molecule has 7 heteroatoms. The van der Waals surface area contributed by atoms with Crippen molar-refractivity contribution in [3.8, 4) is 0 Å². The summed E-state index contributed by atoms with van der Waals surface area (Å²) >= 11 is 0. The number of fused-ring (bicyclic) bond motifs is 1. The van der Waals surface area contributed by atoms with Gasteiger partial charge in [-0.1, -0.05) is 17.7 Å². The first kappa shape index (κ1) is 16.2. The molecule has 0 spiro atoms. The van der Waals surface area contributed by atoms with Gasteiger partial charge < -0.3 is 15.7 Å². The third-order valence-electron chi connectivity index (χ3n) is 3.65. The molecule has 0 atom stereocenters. The molecule has 126 valence electrons. The molecule has 0 aliphatic heterocycles. The van der Waals surface area contributed by atoms with Crippen molar-refractivity contribution in [1.82, 2.24) is 19.7 Å². The standard InChI is InChI=1S/C17H22N6O/c1-11(2)23-16-14(10-19-23)15(21-17(22-16)18-8-9-24)20-13-6-4-12(3)5-7-13/h4-7,10-11,24H,8-9H2,1-3H3,(H2,18,20,21,22). The first-order valence-corrected chi connectivity index (χ1v) is 8.02. The Bertz CT molecular complexity index is 825. The van der Waals surface area contributed by atoms with Crippen molar-refractivity contribution < 1.29 is 5.11 Å². The van der Waals surface area contributed by atoms with E-state index in [-0.39, 0.29) is 12.6 Å². The highest BCUT2D eigenvalue weighted by Crippen LogP contribution is 2.26. The lowest BCUT2D eigenvalue weighted by Crippen LogP contribution is -2.11. The molecule has 0 aliphatic rings. The molecule has 0 amide bonds. The number of aliphatic hydroxyl groups is 1. The number of hydrogen-bond donors (Lipinski definition) is 3. The lowest BCUT2D eigenvalue weighted by Gasteiger charge is -2.12. The number of anilines is 3. The number of aryl methyl sites for hydroxylation is 1. The summed E-state index contributed by atoms with van der Waals surface area (Å²) in [6, 6.07) is 8.30. The van der Waals surface area contributed by atoms with Gasteiger partial charge in [0.25, 0.3) is 0 Å². The summed E-state index contributed by atoms with van der Waals surface area (Å²) in [6.07, 6.45) is 1.78. The topological polar surface area (TPSA) is 87.9 Å². The fourth-order valence-electron chi connectivity index (χ4n) is 2.42. The summed E-state index contributed by atoms with van der Waals surface area (Å²) in [6.45, 7) is 6.58. The second-order valence-electron chi connectivity index (χ2n) is 5.96. The summed E-state index contributed by atoms with van der Waals surface area (Å²) in [7, 11) is 0. The molecule has 0 radical (unpaired) electrons. The number of hydrogen-bond acceptors (Lipinski definition) is 6. The van der Waals surface area contributed by atoms with Crippen LogP contribution in [0.1, 0.15) is 25.5 Å². The molecule has 3 N–H and O–H groups in total. The largest absolute Gasteiger partial charge is 0.395 e. The van der Waals surface area contributed by atoms with E-state index in [9.17, 15) is 0 Å². The highest BCUT2D eigenvalue weighted by molar-refractivity contribution is 5.89. The van der Waals surface area contributed by atoms with Crippen LogP contribution in [0.5, 0.6) is 0 Å². The van der Waals surface area contributed by atoms with Crippen molar-refractivity contribution in [2.45, 2.75) is 26.8 Å². The van der Waals surface area contributed by atoms with Gasteiger partial charge >= 0.3 is 0 Å². The number of aliphatic hydroxyl groups excluding tert-OH is 1. The Morgan fingerprint density at radius 3 is 2.58 bits per heavy atom. The average Bonchev–Trinajstić information content (AvgIpc) is 2.99. The van der Waals surface area contributed by atoms with E-state index in [0.29, 0.717) is 18.3 Å². The number of nitrogens with zero attached hydrogens (tertiary/aromatic N) is 4. The van der Waals surface area contributed by atoms with Gasteiger partial charge in [-0.2, -0.15) is 15.1 Å². The quantitative estimate of drug-likeness (QED) is 0.645. The molecule has 0 bridgehead atoms. The Morgan fingerprint density at radius 2 is 1.92 bits per heavy atom. The van der Waals surface area contributed by atoms with Crippen LogP contribution in [-0.4, -0.2) is 38.0 Å².